The van der Waals surface area contributed by atoms with Crippen molar-refractivity contribution < 1.29 is 19.0 Å². The smallest absolute Gasteiger partial charge is 0.323 e. The second kappa shape index (κ2) is 10.8. The Labute approximate surface area is 145 Å². The Morgan fingerprint density at radius 1 is 1.22 bits per heavy atom. The molecule has 0 aromatic carbocycles. The van der Waals surface area contributed by atoms with E-state index in [0.717, 1.165) is 24.0 Å². The first-order valence-corrected chi connectivity index (χ1v) is 7.79. The number of cyclic esters (lactones) is 1. The van der Waals surface area contributed by atoms with Crippen LogP contribution in [0.25, 0.3) is 0 Å². The van der Waals surface area contributed by atoms with Gasteiger partial charge in [-0.15, -0.1) is 12.4 Å². The molecule has 1 aliphatic rings. The Morgan fingerprint density at radius 3 is 2.35 bits per heavy atom. The molecule has 0 aromatic heterocycles. The lowest BCUT2D eigenvalue weighted by atomic mass is 10.0. The zero-order chi connectivity index (χ0) is 16.7. The van der Waals surface area contributed by atoms with Crippen molar-refractivity contribution in [1.29, 1.82) is 0 Å². The van der Waals surface area contributed by atoms with Crippen LogP contribution < -0.4 is 5.73 Å². The summed E-state index contributed by atoms with van der Waals surface area (Å²) in [6.07, 6.45) is 1.21. The highest BCUT2D eigenvalue weighted by Gasteiger charge is 2.34. The molecule has 0 radical (unpaired) electrons. The number of ether oxygens (including phenoxy) is 3. The van der Waals surface area contributed by atoms with Crippen LogP contribution in [0.15, 0.2) is 24.3 Å². The molecule has 23 heavy (non-hydrogen) atoms. The summed E-state index contributed by atoms with van der Waals surface area (Å²) in [5, 5.41) is 0. The van der Waals surface area contributed by atoms with Crippen molar-refractivity contribution in [1.82, 2.24) is 0 Å². The molecular weight excluding hydrogens is 318 g/mol. The quantitative estimate of drug-likeness (QED) is 0.591. The molecule has 0 bridgehead atoms. The number of esters is 1. The third-order valence-electron chi connectivity index (χ3n) is 3.50. The topological polar surface area (TPSA) is 70.8 Å². The molecule has 4 atom stereocenters. The van der Waals surface area contributed by atoms with Gasteiger partial charge < -0.3 is 19.9 Å². The number of hydrogen-bond donors (Lipinski definition) is 1. The van der Waals surface area contributed by atoms with Crippen LogP contribution in [0, 0.1) is 0 Å². The maximum atomic E-state index is 11.9. The maximum Gasteiger partial charge on any atom is 0.323 e. The zero-order valence-electron chi connectivity index (χ0n) is 14.4. The summed E-state index contributed by atoms with van der Waals surface area (Å²) in [5.41, 5.74) is 7.69. The minimum Gasteiger partial charge on any atom is -0.459 e. The lowest BCUT2D eigenvalue weighted by Crippen LogP contribution is -2.43. The Balaban J connectivity index is 0.00000484. The Morgan fingerprint density at radius 2 is 1.78 bits per heavy atom. The first-order valence-electron chi connectivity index (χ1n) is 7.79. The number of halogens is 1. The van der Waals surface area contributed by atoms with E-state index in [9.17, 15) is 4.79 Å². The average molecular weight is 348 g/mol. The molecular formula is C17H30ClNO4. The number of hydrogen-bond acceptors (Lipinski definition) is 5. The van der Waals surface area contributed by atoms with Crippen LogP contribution in [0.4, 0.5) is 0 Å². The van der Waals surface area contributed by atoms with Crippen molar-refractivity contribution in [2.75, 3.05) is 13.2 Å². The maximum absolute atomic E-state index is 11.9. The monoisotopic (exact) mass is 347 g/mol. The van der Waals surface area contributed by atoms with E-state index in [0.29, 0.717) is 19.6 Å². The van der Waals surface area contributed by atoms with Crippen LogP contribution in [0.2, 0.25) is 0 Å². The number of carbonyl (C=O) groups is 1. The largest absolute Gasteiger partial charge is 0.459 e. The molecule has 0 spiro atoms. The van der Waals surface area contributed by atoms with Crippen LogP contribution in [-0.2, 0) is 19.0 Å². The SMILES string of the molecule is C=C(C)CO[C@H]1[C@H](C)OC(=O)[C@@H](N)CCC[C@@H]1OCC(=C)C.Cl. The van der Waals surface area contributed by atoms with E-state index in [1.807, 2.05) is 20.8 Å². The third kappa shape index (κ3) is 7.97. The molecule has 0 saturated carbocycles. The number of rotatable bonds is 6. The van der Waals surface area contributed by atoms with Crippen molar-refractivity contribution in [3.63, 3.8) is 0 Å². The van der Waals surface area contributed by atoms with Gasteiger partial charge >= 0.3 is 5.97 Å². The van der Waals surface area contributed by atoms with Gasteiger partial charge in [-0.05, 0) is 40.0 Å². The molecule has 0 aromatic rings. The standard InChI is InChI=1S/C17H29NO4.ClH/c1-11(2)9-20-15-8-6-7-14(18)17(19)22-13(5)16(15)21-10-12(3)4;/h13-16H,1,3,6-10,18H2,2,4-5H3;1H/t13-,14-,15-,16-;/m0./s1. The van der Waals surface area contributed by atoms with E-state index in [-0.39, 0.29) is 30.6 Å². The summed E-state index contributed by atoms with van der Waals surface area (Å²) < 4.78 is 17.3. The molecule has 0 unspecified atom stereocenters. The summed E-state index contributed by atoms with van der Waals surface area (Å²) in [6.45, 7) is 14.2. The molecule has 1 fully saturated rings. The van der Waals surface area contributed by atoms with Crippen molar-refractivity contribution in [3.05, 3.63) is 24.3 Å². The first-order chi connectivity index (χ1) is 10.3. The average Bonchev–Trinajstić information content (AvgIpc) is 2.46. The van der Waals surface area contributed by atoms with E-state index in [2.05, 4.69) is 13.2 Å². The minimum atomic E-state index is -0.580. The molecule has 1 saturated heterocycles. The predicted octanol–water partition coefficient (Wildman–Crippen LogP) is 2.77. The van der Waals surface area contributed by atoms with Crippen LogP contribution in [0.5, 0.6) is 0 Å². The Kier molecular flexibility index (Phi) is 10.4. The van der Waals surface area contributed by atoms with Gasteiger partial charge in [-0.25, -0.2) is 0 Å². The molecule has 6 heteroatoms. The fourth-order valence-corrected chi connectivity index (χ4v) is 2.37. The van der Waals surface area contributed by atoms with E-state index < -0.39 is 12.1 Å². The highest BCUT2D eigenvalue weighted by atomic mass is 35.5. The molecule has 0 aliphatic carbocycles. The summed E-state index contributed by atoms with van der Waals surface area (Å²) in [7, 11) is 0. The summed E-state index contributed by atoms with van der Waals surface area (Å²) in [5.74, 6) is -0.378. The molecule has 1 heterocycles. The fourth-order valence-electron chi connectivity index (χ4n) is 2.37. The molecule has 1 aliphatic heterocycles. The normalized spacial score (nSPS) is 28.6. The molecule has 134 valence electrons. The lowest BCUT2D eigenvalue weighted by molar-refractivity contribution is -0.165. The van der Waals surface area contributed by atoms with E-state index in [1.54, 1.807) is 0 Å². The first kappa shape index (κ1) is 22.1. The van der Waals surface area contributed by atoms with Crippen molar-refractivity contribution >= 4 is 18.4 Å². The Bertz CT molecular complexity index is 413. The van der Waals surface area contributed by atoms with Gasteiger partial charge in [0, 0.05) is 0 Å². The second-order valence-electron chi connectivity index (χ2n) is 6.22. The van der Waals surface area contributed by atoms with Gasteiger partial charge in [0.25, 0.3) is 0 Å². The van der Waals surface area contributed by atoms with Gasteiger partial charge in [-0.1, -0.05) is 24.3 Å². The van der Waals surface area contributed by atoms with Gasteiger partial charge in [0.05, 0.1) is 19.3 Å². The molecule has 5 nitrogen and oxygen atoms in total. The van der Waals surface area contributed by atoms with E-state index in [1.165, 1.54) is 0 Å². The fraction of sp³-hybridized carbons (Fsp3) is 0.706. The van der Waals surface area contributed by atoms with Gasteiger partial charge in [-0.2, -0.15) is 0 Å². The van der Waals surface area contributed by atoms with Gasteiger partial charge in [0.15, 0.2) is 0 Å². The summed E-state index contributed by atoms with van der Waals surface area (Å²) in [6, 6.07) is -0.580. The van der Waals surface area contributed by atoms with Crippen molar-refractivity contribution in [3.8, 4) is 0 Å². The highest BCUT2D eigenvalue weighted by Crippen LogP contribution is 2.22. The molecule has 0 amide bonds. The summed E-state index contributed by atoms with van der Waals surface area (Å²) >= 11 is 0. The zero-order valence-corrected chi connectivity index (χ0v) is 15.2. The van der Waals surface area contributed by atoms with E-state index in [4.69, 9.17) is 19.9 Å². The number of carbonyl (C=O) groups excluding carboxylic acids is 1. The summed E-state index contributed by atoms with van der Waals surface area (Å²) in [4.78, 5) is 11.9. The van der Waals surface area contributed by atoms with Crippen LogP contribution in [-0.4, -0.2) is 43.5 Å². The number of nitrogens with two attached hydrogens (primary N) is 1. The van der Waals surface area contributed by atoms with Gasteiger partial charge in [-0.3, -0.25) is 4.79 Å². The van der Waals surface area contributed by atoms with Crippen molar-refractivity contribution in [2.24, 2.45) is 5.73 Å². The second-order valence-corrected chi connectivity index (χ2v) is 6.22. The molecule has 2 N–H and O–H groups in total. The van der Waals surface area contributed by atoms with Crippen LogP contribution in [0.3, 0.4) is 0 Å². The predicted molar refractivity (Wildman–Crippen MR) is 93.7 cm³/mol. The Hall–Kier alpha value is -0.880. The van der Waals surface area contributed by atoms with Crippen LogP contribution >= 0.6 is 12.4 Å². The van der Waals surface area contributed by atoms with E-state index >= 15 is 0 Å². The van der Waals surface area contributed by atoms with Crippen LogP contribution in [0.1, 0.15) is 40.0 Å². The lowest BCUT2D eigenvalue weighted by Gasteiger charge is -2.31. The minimum absolute atomic E-state index is 0. The van der Waals surface area contributed by atoms with Gasteiger partial charge in [0.1, 0.15) is 18.2 Å². The molecule has 1 rings (SSSR count). The highest BCUT2D eigenvalue weighted by molar-refractivity contribution is 5.85. The van der Waals surface area contributed by atoms with Crippen molar-refractivity contribution in [2.45, 2.75) is 64.4 Å². The third-order valence-corrected chi connectivity index (χ3v) is 3.50. The van der Waals surface area contributed by atoms with Gasteiger partial charge in [0.2, 0.25) is 0 Å².